The number of hydrogen-bond donors (Lipinski definition) is 1. The van der Waals surface area contributed by atoms with Crippen molar-refractivity contribution >= 4 is 5.91 Å². The van der Waals surface area contributed by atoms with Crippen molar-refractivity contribution in [2.75, 3.05) is 19.7 Å². The van der Waals surface area contributed by atoms with E-state index in [2.05, 4.69) is 20.4 Å². The highest BCUT2D eigenvalue weighted by molar-refractivity contribution is 5.79. The van der Waals surface area contributed by atoms with Crippen LogP contribution < -0.4 is 10.1 Å². The van der Waals surface area contributed by atoms with Gasteiger partial charge in [0.2, 0.25) is 17.6 Å². The van der Waals surface area contributed by atoms with E-state index in [9.17, 15) is 4.79 Å². The summed E-state index contributed by atoms with van der Waals surface area (Å²) in [6.45, 7) is 7.22. The molecule has 1 aliphatic rings. The molecule has 1 aromatic heterocycles. The SMILES string of the molecule is CCOc1ccccc1CNC(=O)C1CCCN(Cc2nc(-c3ccc(C)cc3)no2)C1. The number of likely N-dealkylation sites (tertiary alicyclic amines) is 1. The number of amides is 1. The zero-order chi connectivity index (χ0) is 22.3. The van der Waals surface area contributed by atoms with Gasteiger partial charge in [0.15, 0.2) is 0 Å². The second-order valence-electron chi connectivity index (χ2n) is 8.21. The first-order chi connectivity index (χ1) is 15.6. The summed E-state index contributed by atoms with van der Waals surface area (Å²) < 4.78 is 11.1. The minimum Gasteiger partial charge on any atom is -0.494 e. The molecule has 0 bridgehead atoms. The molecule has 1 unspecified atom stereocenters. The molecule has 0 aliphatic carbocycles. The Kier molecular flexibility index (Phi) is 7.17. The predicted molar refractivity (Wildman–Crippen MR) is 122 cm³/mol. The molecule has 168 valence electrons. The molecule has 2 aromatic carbocycles. The molecular weight excluding hydrogens is 404 g/mol. The van der Waals surface area contributed by atoms with Gasteiger partial charge in [-0.25, -0.2) is 0 Å². The number of rotatable bonds is 8. The van der Waals surface area contributed by atoms with Crippen LogP contribution in [0.15, 0.2) is 53.1 Å². The lowest BCUT2D eigenvalue weighted by molar-refractivity contribution is -0.127. The van der Waals surface area contributed by atoms with Crippen LogP contribution in [0.5, 0.6) is 5.75 Å². The van der Waals surface area contributed by atoms with E-state index in [1.165, 1.54) is 5.56 Å². The van der Waals surface area contributed by atoms with Crippen LogP contribution in [0, 0.1) is 12.8 Å². The van der Waals surface area contributed by atoms with Crippen LogP contribution in [0.4, 0.5) is 0 Å². The van der Waals surface area contributed by atoms with Gasteiger partial charge in [-0.2, -0.15) is 4.98 Å². The molecule has 2 heterocycles. The molecule has 0 spiro atoms. The molecule has 1 aliphatic heterocycles. The van der Waals surface area contributed by atoms with Gasteiger partial charge in [-0.15, -0.1) is 0 Å². The Morgan fingerprint density at radius 2 is 2.03 bits per heavy atom. The maximum atomic E-state index is 12.8. The molecule has 1 amide bonds. The van der Waals surface area contributed by atoms with Gasteiger partial charge in [-0.3, -0.25) is 9.69 Å². The predicted octanol–water partition coefficient (Wildman–Crippen LogP) is 3.97. The maximum absolute atomic E-state index is 12.8. The number of para-hydroxylation sites is 1. The van der Waals surface area contributed by atoms with E-state index < -0.39 is 0 Å². The number of piperidine rings is 1. The molecule has 7 nitrogen and oxygen atoms in total. The van der Waals surface area contributed by atoms with Gasteiger partial charge < -0.3 is 14.6 Å². The Hall–Kier alpha value is -3.19. The standard InChI is InChI=1S/C25H30N4O3/c1-3-31-22-9-5-4-7-20(22)15-26-25(30)21-8-6-14-29(16-21)17-23-27-24(28-32-23)19-12-10-18(2)11-13-19/h4-5,7,9-13,21H,3,6,8,14-17H2,1-2H3,(H,26,30). The summed E-state index contributed by atoms with van der Waals surface area (Å²) >= 11 is 0. The Balaban J connectivity index is 1.31. The van der Waals surface area contributed by atoms with E-state index >= 15 is 0 Å². The Labute approximate surface area is 188 Å². The van der Waals surface area contributed by atoms with E-state index in [-0.39, 0.29) is 11.8 Å². The zero-order valence-corrected chi connectivity index (χ0v) is 18.7. The van der Waals surface area contributed by atoms with E-state index in [0.717, 1.165) is 36.3 Å². The number of nitrogens with zero attached hydrogens (tertiary/aromatic N) is 3. The fourth-order valence-corrected chi connectivity index (χ4v) is 4.02. The Bertz CT molecular complexity index is 1030. The highest BCUT2D eigenvalue weighted by Crippen LogP contribution is 2.22. The van der Waals surface area contributed by atoms with E-state index in [1.54, 1.807) is 0 Å². The summed E-state index contributed by atoms with van der Waals surface area (Å²) in [5, 5.41) is 7.20. The molecular formula is C25H30N4O3. The van der Waals surface area contributed by atoms with Crippen LogP contribution in [-0.4, -0.2) is 40.6 Å². The van der Waals surface area contributed by atoms with Gasteiger partial charge in [-0.05, 0) is 39.3 Å². The summed E-state index contributed by atoms with van der Waals surface area (Å²) in [4.78, 5) is 19.6. The first kappa shape index (κ1) is 22.0. The second-order valence-corrected chi connectivity index (χ2v) is 8.21. The molecule has 4 rings (SSSR count). The van der Waals surface area contributed by atoms with E-state index in [1.807, 2.05) is 62.4 Å². The molecule has 1 N–H and O–H groups in total. The molecule has 1 fully saturated rings. The number of nitrogens with one attached hydrogen (secondary N) is 1. The minimum atomic E-state index is -0.0532. The van der Waals surface area contributed by atoms with Crippen LogP contribution >= 0.6 is 0 Å². The van der Waals surface area contributed by atoms with Crippen molar-refractivity contribution in [3.05, 3.63) is 65.5 Å². The number of benzene rings is 2. The van der Waals surface area contributed by atoms with Crippen LogP contribution in [-0.2, 0) is 17.9 Å². The lowest BCUT2D eigenvalue weighted by atomic mass is 9.97. The van der Waals surface area contributed by atoms with Crippen LogP contribution in [0.3, 0.4) is 0 Å². The number of carbonyl (C=O) groups is 1. The zero-order valence-electron chi connectivity index (χ0n) is 18.7. The Morgan fingerprint density at radius 3 is 2.84 bits per heavy atom. The van der Waals surface area contributed by atoms with E-state index in [4.69, 9.17) is 9.26 Å². The number of hydrogen-bond acceptors (Lipinski definition) is 6. The molecule has 1 saturated heterocycles. The van der Waals surface area contributed by atoms with Crippen molar-refractivity contribution in [1.82, 2.24) is 20.4 Å². The molecule has 3 aromatic rings. The minimum absolute atomic E-state index is 0.0532. The van der Waals surface area contributed by atoms with Crippen molar-refractivity contribution in [2.24, 2.45) is 5.92 Å². The third kappa shape index (κ3) is 5.53. The second kappa shape index (κ2) is 10.4. The number of aromatic nitrogens is 2. The summed E-state index contributed by atoms with van der Waals surface area (Å²) in [6.07, 6.45) is 1.85. The lowest BCUT2D eigenvalue weighted by Crippen LogP contribution is -2.42. The largest absolute Gasteiger partial charge is 0.494 e. The molecule has 7 heteroatoms. The topological polar surface area (TPSA) is 80.5 Å². The quantitative estimate of drug-likeness (QED) is 0.578. The number of carbonyl (C=O) groups excluding carboxylic acids is 1. The van der Waals surface area contributed by atoms with Crippen LogP contribution in [0.1, 0.15) is 36.8 Å². The van der Waals surface area contributed by atoms with Crippen molar-refractivity contribution < 1.29 is 14.1 Å². The van der Waals surface area contributed by atoms with Crippen molar-refractivity contribution in [3.63, 3.8) is 0 Å². The normalized spacial score (nSPS) is 16.6. The average Bonchev–Trinajstić information content (AvgIpc) is 3.27. The summed E-state index contributed by atoms with van der Waals surface area (Å²) in [6, 6.07) is 15.9. The van der Waals surface area contributed by atoms with Crippen LogP contribution in [0.25, 0.3) is 11.4 Å². The van der Waals surface area contributed by atoms with Gasteiger partial charge in [0, 0.05) is 24.2 Å². The van der Waals surface area contributed by atoms with Crippen LogP contribution in [0.2, 0.25) is 0 Å². The first-order valence-corrected chi connectivity index (χ1v) is 11.2. The Morgan fingerprint density at radius 1 is 1.22 bits per heavy atom. The number of aryl methyl sites for hydroxylation is 1. The van der Waals surface area contributed by atoms with Gasteiger partial charge in [0.1, 0.15) is 5.75 Å². The first-order valence-electron chi connectivity index (χ1n) is 11.2. The summed E-state index contributed by atoms with van der Waals surface area (Å²) in [5.41, 5.74) is 3.12. The molecule has 0 radical (unpaired) electrons. The fraction of sp³-hybridized carbons (Fsp3) is 0.400. The summed E-state index contributed by atoms with van der Waals surface area (Å²) in [7, 11) is 0. The van der Waals surface area contributed by atoms with Gasteiger partial charge in [-0.1, -0.05) is 53.2 Å². The highest BCUT2D eigenvalue weighted by atomic mass is 16.5. The molecule has 32 heavy (non-hydrogen) atoms. The lowest BCUT2D eigenvalue weighted by Gasteiger charge is -2.30. The monoisotopic (exact) mass is 434 g/mol. The third-order valence-electron chi connectivity index (χ3n) is 5.74. The van der Waals surface area contributed by atoms with Gasteiger partial charge in [0.05, 0.1) is 19.1 Å². The van der Waals surface area contributed by atoms with Crippen molar-refractivity contribution in [1.29, 1.82) is 0 Å². The van der Waals surface area contributed by atoms with Gasteiger partial charge in [0.25, 0.3) is 0 Å². The third-order valence-corrected chi connectivity index (χ3v) is 5.74. The number of ether oxygens (including phenoxy) is 1. The summed E-state index contributed by atoms with van der Waals surface area (Å²) in [5.74, 6) is 2.02. The average molecular weight is 435 g/mol. The van der Waals surface area contributed by atoms with Gasteiger partial charge >= 0.3 is 0 Å². The molecule has 1 atom stereocenters. The molecule has 0 saturated carbocycles. The van der Waals surface area contributed by atoms with E-state index in [0.29, 0.717) is 38.0 Å². The maximum Gasteiger partial charge on any atom is 0.241 e. The van der Waals surface area contributed by atoms with Crippen molar-refractivity contribution in [2.45, 2.75) is 39.8 Å². The highest BCUT2D eigenvalue weighted by Gasteiger charge is 2.27. The van der Waals surface area contributed by atoms with Crippen molar-refractivity contribution in [3.8, 4) is 17.1 Å². The smallest absolute Gasteiger partial charge is 0.241 e. The fourth-order valence-electron chi connectivity index (χ4n) is 4.02.